The summed E-state index contributed by atoms with van der Waals surface area (Å²) in [5.41, 5.74) is 0. The first-order chi connectivity index (χ1) is 7.17. The van der Waals surface area contributed by atoms with Crippen molar-refractivity contribution in [1.82, 2.24) is 14.7 Å². The summed E-state index contributed by atoms with van der Waals surface area (Å²) in [5.74, 6) is -0.530. The van der Waals surface area contributed by atoms with Gasteiger partial charge in [-0.25, -0.2) is 4.79 Å². The van der Waals surface area contributed by atoms with Gasteiger partial charge in [-0.05, 0) is 19.1 Å². The fraction of sp³-hybridized carbons (Fsp3) is 0.429. The molecule has 0 aliphatic carbocycles. The first-order valence-corrected chi connectivity index (χ1v) is 5.32. The van der Waals surface area contributed by atoms with E-state index in [0.717, 1.165) is 11.5 Å². The summed E-state index contributed by atoms with van der Waals surface area (Å²) in [4.78, 5) is 14.9. The Bertz CT molecular complexity index is 366. The molecule has 0 aliphatic heterocycles. The summed E-state index contributed by atoms with van der Waals surface area (Å²) in [6.07, 6.45) is 0. The van der Waals surface area contributed by atoms with Gasteiger partial charge in [0.25, 0.3) is 5.82 Å². The van der Waals surface area contributed by atoms with Crippen LogP contribution in [0.15, 0.2) is 0 Å². The Labute approximate surface area is 96.2 Å². The zero-order valence-electron chi connectivity index (χ0n) is 8.23. The predicted octanol–water partition coefficient (Wildman–Crippen LogP) is 0.631. The number of carbonyl (C=O) groups excluding carboxylic acids is 1. The summed E-state index contributed by atoms with van der Waals surface area (Å²) in [6.45, 7) is 2.64. The van der Waals surface area contributed by atoms with Crippen LogP contribution < -0.4 is 10.6 Å². The molecule has 15 heavy (non-hydrogen) atoms. The normalized spacial score (nSPS) is 9.47. The minimum absolute atomic E-state index is 0.0318. The van der Waals surface area contributed by atoms with E-state index in [4.69, 9.17) is 12.2 Å². The van der Waals surface area contributed by atoms with Gasteiger partial charge in [-0.2, -0.15) is 9.36 Å². The van der Waals surface area contributed by atoms with E-state index in [1.807, 2.05) is 6.92 Å². The number of ether oxygens (including phenoxy) is 1. The van der Waals surface area contributed by atoms with Crippen LogP contribution in [-0.4, -0.2) is 34.1 Å². The highest BCUT2D eigenvalue weighted by Crippen LogP contribution is 2.11. The van der Waals surface area contributed by atoms with Crippen molar-refractivity contribution in [3.8, 4) is 0 Å². The zero-order chi connectivity index (χ0) is 11.3. The van der Waals surface area contributed by atoms with Gasteiger partial charge in [0.15, 0.2) is 5.11 Å². The molecule has 2 N–H and O–H groups in total. The number of aromatic nitrogens is 2. The summed E-state index contributed by atoms with van der Waals surface area (Å²) in [5, 5.41) is 6.60. The van der Waals surface area contributed by atoms with E-state index in [2.05, 4.69) is 24.7 Å². The number of hydrogen-bond acceptors (Lipinski definition) is 6. The SMILES string of the molecule is CCNC(=S)Nc1nc(C(=O)OC)ns1. The molecule has 6 nitrogen and oxygen atoms in total. The van der Waals surface area contributed by atoms with Crippen LogP contribution in [0.3, 0.4) is 0 Å². The van der Waals surface area contributed by atoms with E-state index in [0.29, 0.717) is 16.8 Å². The highest BCUT2D eigenvalue weighted by Gasteiger charge is 2.13. The first-order valence-electron chi connectivity index (χ1n) is 4.14. The van der Waals surface area contributed by atoms with Gasteiger partial charge in [0, 0.05) is 18.1 Å². The molecule has 0 bridgehead atoms. The highest BCUT2D eigenvalue weighted by molar-refractivity contribution is 7.80. The van der Waals surface area contributed by atoms with Gasteiger partial charge in [-0.15, -0.1) is 0 Å². The molecule has 0 unspecified atom stereocenters. The Morgan fingerprint density at radius 2 is 2.40 bits per heavy atom. The Morgan fingerprint density at radius 3 is 3.00 bits per heavy atom. The molecule has 0 aromatic carbocycles. The highest BCUT2D eigenvalue weighted by atomic mass is 32.1. The molecule has 0 spiro atoms. The average Bonchev–Trinajstić information content (AvgIpc) is 2.65. The van der Waals surface area contributed by atoms with Crippen LogP contribution in [0.4, 0.5) is 5.13 Å². The number of carbonyl (C=O) groups is 1. The van der Waals surface area contributed by atoms with Crippen molar-refractivity contribution in [3.05, 3.63) is 5.82 Å². The van der Waals surface area contributed by atoms with Crippen molar-refractivity contribution in [2.75, 3.05) is 19.0 Å². The van der Waals surface area contributed by atoms with Gasteiger partial charge < -0.3 is 15.4 Å². The molecule has 1 aromatic rings. The fourth-order valence-corrected chi connectivity index (χ4v) is 1.62. The number of methoxy groups -OCH3 is 1. The standard InChI is InChI=1S/C7H10N4O2S2/c1-3-8-6(14)10-7-9-4(11-15-7)5(12)13-2/h3H2,1-2H3,(H2,8,9,10,11,14). The number of hydrogen-bond donors (Lipinski definition) is 2. The van der Waals surface area contributed by atoms with Gasteiger partial charge in [0.1, 0.15) is 0 Å². The van der Waals surface area contributed by atoms with Crippen molar-refractivity contribution >= 4 is 40.0 Å². The molecule has 1 heterocycles. The van der Waals surface area contributed by atoms with Crippen molar-refractivity contribution in [1.29, 1.82) is 0 Å². The van der Waals surface area contributed by atoms with Crippen molar-refractivity contribution in [3.63, 3.8) is 0 Å². The largest absolute Gasteiger partial charge is 0.463 e. The van der Waals surface area contributed by atoms with Gasteiger partial charge in [-0.1, -0.05) is 0 Å². The number of anilines is 1. The smallest absolute Gasteiger partial charge is 0.377 e. The lowest BCUT2D eigenvalue weighted by Crippen LogP contribution is -2.27. The van der Waals surface area contributed by atoms with Gasteiger partial charge in [0.2, 0.25) is 5.13 Å². The monoisotopic (exact) mass is 246 g/mol. The van der Waals surface area contributed by atoms with Crippen molar-refractivity contribution in [2.24, 2.45) is 0 Å². The quantitative estimate of drug-likeness (QED) is 0.598. The Hall–Kier alpha value is -1.28. The lowest BCUT2D eigenvalue weighted by molar-refractivity contribution is 0.0588. The lowest BCUT2D eigenvalue weighted by atomic mass is 10.6. The Balaban J connectivity index is 2.60. The van der Waals surface area contributed by atoms with Crippen LogP contribution in [0.1, 0.15) is 17.5 Å². The maximum atomic E-state index is 11.0. The first kappa shape index (κ1) is 11.8. The maximum absolute atomic E-state index is 11.0. The summed E-state index contributed by atoms with van der Waals surface area (Å²) >= 11 is 5.99. The van der Waals surface area contributed by atoms with E-state index in [-0.39, 0.29) is 5.82 Å². The van der Waals surface area contributed by atoms with E-state index in [9.17, 15) is 4.79 Å². The van der Waals surface area contributed by atoms with Crippen LogP contribution >= 0.6 is 23.8 Å². The molecule has 1 aromatic heterocycles. The second-order valence-corrected chi connectivity index (χ2v) is 3.56. The van der Waals surface area contributed by atoms with Crippen LogP contribution in [-0.2, 0) is 4.74 Å². The van der Waals surface area contributed by atoms with Crippen molar-refractivity contribution in [2.45, 2.75) is 6.92 Å². The van der Waals surface area contributed by atoms with Crippen LogP contribution in [0.25, 0.3) is 0 Å². The third-order valence-electron chi connectivity index (χ3n) is 1.35. The third kappa shape index (κ3) is 3.40. The van der Waals surface area contributed by atoms with E-state index in [1.54, 1.807) is 0 Å². The maximum Gasteiger partial charge on any atom is 0.377 e. The fourth-order valence-electron chi connectivity index (χ4n) is 0.750. The Morgan fingerprint density at radius 1 is 1.67 bits per heavy atom. The number of nitrogens with one attached hydrogen (secondary N) is 2. The van der Waals surface area contributed by atoms with E-state index < -0.39 is 5.97 Å². The molecule has 0 saturated heterocycles. The molecule has 0 atom stereocenters. The molecule has 0 amide bonds. The minimum Gasteiger partial charge on any atom is -0.463 e. The molecule has 1 rings (SSSR count). The van der Waals surface area contributed by atoms with E-state index in [1.165, 1.54) is 7.11 Å². The molecular formula is C7H10N4O2S2. The number of thiocarbonyl (C=S) groups is 1. The van der Waals surface area contributed by atoms with E-state index >= 15 is 0 Å². The molecule has 82 valence electrons. The van der Waals surface area contributed by atoms with Crippen LogP contribution in [0, 0.1) is 0 Å². The minimum atomic E-state index is -0.561. The van der Waals surface area contributed by atoms with Gasteiger partial charge in [0.05, 0.1) is 7.11 Å². The summed E-state index contributed by atoms with van der Waals surface area (Å²) in [6, 6.07) is 0. The number of rotatable bonds is 3. The lowest BCUT2D eigenvalue weighted by Gasteiger charge is -2.03. The molecule has 0 fully saturated rings. The molecule has 0 saturated carbocycles. The zero-order valence-corrected chi connectivity index (χ0v) is 9.87. The topological polar surface area (TPSA) is 76.1 Å². The molecular weight excluding hydrogens is 236 g/mol. The van der Waals surface area contributed by atoms with Gasteiger partial charge in [-0.3, -0.25) is 0 Å². The molecule has 0 radical (unpaired) electrons. The number of nitrogens with zero attached hydrogens (tertiary/aromatic N) is 2. The summed E-state index contributed by atoms with van der Waals surface area (Å²) < 4.78 is 8.27. The van der Waals surface area contributed by atoms with Crippen molar-refractivity contribution < 1.29 is 9.53 Å². The predicted molar refractivity (Wildman–Crippen MR) is 61.1 cm³/mol. The second kappa shape index (κ2) is 5.56. The molecule has 8 heteroatoms. The second-order valence-electron chi connectivity index (χ2n) is 2.40. The van der Waals surface area contributed by atoms with Crippen LogP contribution in [0.2, 0.25) is 0 Å². The van der Waals surface area contributed by atoms with Gasteiger partial charge >= 0.3 is 5.97 Å². The number of esters is 1. The van der Waals surface area contributed by atoms with Crippen LogP contribution in [0.5, 0.6) is 0 Å². The Kier molecular flexibility index (Phi) is 4.37. The molecule has 0 aliphatic rings. The summed E-state index contributed by atoms with van der Waals surface area (Å²) in [7, 11) is 1.28. The third-order valence-corrected chi connectivity index (χ3v) is 2.23. The average molecular weight is 246 g/mol.